The van der Waals surface area contributed by atoms with Crippen LogP contribution in [0.4, 0.5) is 0 Å². The van der Waals surface area contributed by atoms with Gasteiger partial charge in [-0.3, -0.25) is 14.5 Å². The van der Waals surface area contributed by atoms with E-state index >= 15 is 0 Å². The number of benzene rings is 1. The molecule has 28 heavy (non-hydrogen) atoms. The number of hydrogen-bond acceptors (Lipinski definition) is 5. The molecule has 1 aromatic rings. The van der Waals surface area contributed by atoms with Gasteiger partial charge in [-0.2, -0.15) is 0 Å². The van der Waals surface area contributed by atoms with E-state index in [0.717, 1.165) is 24.8 Å². The Hall–Kier alpha value is -1.41. The second kappa shape index (κ2) is 9.87. The minimum atomic E-state index is -0.187. The molecule has 5 nitrogen and oxygen atoms in total. The number of amides is 2. The number of carbonyl (C=O) groups excluding carboxylic acids is 2. The van der Waals surface area contributed by atoms with Crippen LogP contribution < -0.4 is 0 Å². The molecule has 0 spiro atoms. The first-order valence-electron chi connectivity index (χ1n) is 9.41. The van der Waals surface area contributed by atoms with Crippen LogP contribution in [0.25, 0.3) is 6.08 Å². The highest BCUT2D eigenvalue weighted by atomic mass is 35.5. The number of likely N-dealkylation sites (tertiary alicyclic amines) is 1. The molecule has 0 bridgehead atoms. The summed E-state index contributed by atoms with van der Waals surface area (Å²) in [5, 5.41) is 9.81. The van der Waals surface area contributed by atoms with E-state index in [-0.39, 0.29) is 37.4 Å². The van der Waals surface area contributed by atoms with Crippen LogP contribution in [0.5, 0.6) is 0 Å². The third kappa shape index (κ3) is 4.95. The lowest BCUT2D eigenvalue weighted by Crippen LogP contribution is -2.45. The number of carbonyl (C=O) groups is 2. The van der Waals surface area contributed by atoms with Crippen LogP contribution in [-0.2, 0) is 9.59 Å². The molecule has 1 aromatic carbocycles. The summed E-state index contributed by atoms with van der Waals surface area (Å²) in [7, 11) is 0. The second-order valence-corrected chi connectivity index (χ2v) is 8.94. The van der Waals surface area contributed by atoms with Crippen molar-refractivity contribution in [1.29, 1.82) is 0 Å². The summed E-state index contributed by atoms with van der Waals surface area (Å²) < 4.78 is 0.460. The van der Waals surface area contributed by atoms with Crippen molar-refractivity contribution in [1.82, 2.24) is 9.80 Å². The van der Waals surface area contributed by atoms with Crippen LogP contribution >= 0.6 is 35.6 Å². The number of nitrogens with zero attached hydrogens (tertiary/aromatic N) is 2. The average Bonchev–Trinajstić information content (AvgIpc) is 2.95. The fourth-order valence-electron chi connectivity index (χ4n) is 3.56. The van der Waals surface area contributed by atoms with Crippen LogP contribution in [0.3, 0.4) is 0 Å². The molecule has 150 valence electrons. The number of rotatable bonds is 6. The summed E-state index contributed by atoms with van der Waals surface area (Å²) in [5.41, 5.74) is 0.765. The Labute approximate surface area is 179 Å². The largest absolute Gasteiger partial charge is 0.396 e. The van der Waals surface area contributed by atoms with Crippen molar-refractivity contribution in [2.45, 2.75) is 38.1 Å². The minimum absolute atomic E-state index is 0.0160. The topological polar surface area (TPSA) is 60.9 Å². The maximum Gasteiger partial charge on any atom is 0.266 e. The molecule has 0 saturated carbocycles. The molecule has 2 heterocycles. The standard InChI is InChI=1S/C20H23ClN2O3S2/c21-16-7-2-1-5-14(16)13-17-19(26)23(20(27)28-17)11-8-18(25)22-10-4-3-6-15(22)9-12-24/h1-2,5,7,13,15,24H,3-4,6,8-12H2/b17-13-. The first-order chi connectivity index (χ1) is 13.5. The Bertz CT molecular complexity index is 797. The van der Waals surface area contributed by atoms with Gasteiger partial charge in [0.05, 0.1) is 4.91 Å². The number of thioether (sulfide) groups is 1. The fourth-order valence-corrected chi connectivity index (χ4v) is 5.05. The van der Waals surface area contributed by atoms with E-state index in [1.807, 2.05) is 23.1 Å². The molecule has 3 rings (SSSR count). The van der Waals surface area contributed by atoms with Crippen LogP contribution in [0.2, 0.25) is 5.02 Å². The maximum atomic E-state index is 12.7. The normalized spacial score (nSPS) is 21.6. The lowest BCUT2D eigenvalue weighted by Gasteiger charge is -2.36. The van der Waals surface area contributed by atoms with E-state index in [2.05, 4.69) is 0 Å². The molecule has 1 unspecified atom stereocenters. The molecule has 0 aromatic heterocycles. The molecule has 1 N–H and O–H groups in total. The van der Waals surface area contributed by atoms with E-state index in [9.17, 15) is 14.7 Å². The van der Waals surface area contributed by atoms with Crippen molar-refractivity contribution in [2.24, 2.45) is 0 Å². The summed E-state index contributed by atoms with van der Waals surface area (Å²) >= 11 is 12.8. The fraction of sp³-hybridized carbons (Fsp3) is 0.450. The van der Waals surface area contributed by atoms with E-state index in [1.54, 1.807) is 12.1 Å². The molecule has 2 aliphatic rings. The smallest absolute Gasteiger partial charge is 0.266 e. The second-order valence-electron chi connectivity index (χ2n) is 6.85. The van der Waals surface area contributed by atoms with Gasteiger partial charge in [0.2, 0.25) is 5.91 Å². The van der Waals surface area contributed by atoms with Gasteiger partial charge in [0.15, 0.2) is 0 Å². The lowest BCUT2D eigenvalue weighted by atomic mass is 9.99. The average molecular weight is 439 g/mol. The highest BCUT2D eigenvalue weighted by molar-refractivity contribution is 8.26. The zero-order chi connectivity index (χ0) is 20.1. The van der Waals surface area contributed by atoms with Gasteiger partial charge in [-0.1, -0.05) is 53.8 Å². The number of aliphatic hydroxyl groups is 1. The molecule has 1 atom stereocenters. The lowest BCUT2D eigenvalue weighted by molar-refractivity contribution is -0.135. The van der Waals surface area contributed by atoms with Crippen LogP contribution in [-0.4, -0.2) is 56.8 Å². The van der Waals surface area contributed by atoms with Gasteiger partial charge in [0.1, 0.15) is 4.32 Å². The molecule has 0 radical (unpaired) electrons. The van der Waals surface area contributed by atoms with Crippen molar-refractivity contribution in [3.63, 3.8) is 0 Å². The van der Waals surface area contributed by atoms with E-state index < -0.39 is 0 Å². The molecular formula is C20H23ClN2O3S2. The maximum absolute atomic E-state index is 12.7. The molecular weight excluding hydrogens is 416 g/mol. The Morgan fingerprint density at radius 2 is 2.14 bits per heavy atom. The van der Waals surface area contributed by atoms with E-state index in [4.69, 9.17) is 23.8 Å². The Kier molecular flexibility index (Phi) is 7.51. The third-order valence-electron chi connectivity index (χ3n) is 5.02. The van der Waals surface area contributed by atoms with Gasteiger partial charge in [-0.05, 0) is 43.4 Å². The van der Waals surface area contributed by atoms with Gasteiger partial charge < -0.3 is 10.0 Å². The van der Waals surface area contributed by atoms with Crippen molar-refractivity contribution in [3.8, 4) is 0 Å². The summed E-state index contributed by atoms with van der Waals surface area (Å²) in [6, 6.07) is 7.40. The Morgan fingerprint density at radius 1 is 1.36 bits per heavy atom. The van der Waals surface area contributed by atoms with Crippen molar-refractivity contribution < 1.29 is 14.7 Å². The highest BCUT2D eigenvalue weighted by Gasteiger charge is 2.33. The third-order valence-corrected chi connectivity index (χ3v) is 6.75. The molecule has 2 fully saturated rings. The zero-order valence-electron chi connectivity index (χ0n) is 15.5. The van der Waals surface area contributed by atoms with Gasteiger partial charge in [0.25, 0.3) is 5.91 Å². The van der Waals surface area contributed by atoms with Crippen LogP contribution in [0.15, 0.2) is 29.2 Å². The molecule has 2 saturated heterocycles. The summed E-state index contributed by atoms with van der Waals surface area (Å²) in [5.74, 6) is -0.171. The number of aliphatic hydroxyl groups excluding tert-OH is 1. The van der Waals surface area contributed by atoms with Crippen molar-refractivity contribution in [2.75, 3.05) is 19.7 Å². The van der Waals surface area contributed by atoms with Crippen molar-refractivity contribution in [3.05, 3.63) is 39.8 Å². The van der Waals surface area contributed by atoms with Crippen LogP contribution in [0.1, 0.15) is 37.7 Å². The number of halogens is 1. The summed E-state index contributed by atoms with van der Waals surface area (Å²) in [6.45, 7) is 1.07. The number of piperidine rings is 1. The summed E-state index contributed by atoms with van der Waals surface area (Å²) in [4.78, 5) is 29.3. The van der Waals surface area contributed by atoms with E-state index in [0.29, 0.717) is 27.2 Å². The first-order valence-corrected chi connectivity index (χ1v) is 11.0. The minimum Gasteiger partial charge on any atom is -0.396 e. The number of thiocarbonyl (C=S) groups is 1. The SMILES string of the molecule is O=C1/C(=C/c2ccccc2Cl)SC(=S)N1CCC(=O)N1CCCCC1CCO. The molecule has 0 aliphatic carbocycles. The molecule has 2 aliphatic heterocycles. The molecule has 8 heteroatoms. The predicted molar refractivity (Wildman–Crippen MR) is 117 cm³/mol. The van der Waals surface area contributed by atoms with Gasteiger partial charge in [-0.25, -0.2) is 0 Å². The monoisotopic (exact) mass is 438 g/mol. The van der Waals surface area contributed by atoms with Gasteiger partial charge >= 0.3 is 0 Å². The predicted octanol–water partition coefficient (Wildman–Crippen LogP) is 3.69. The summed E-state index contributed by atoms with van der Waals surface area (Å²) in [6.07, 6.45) is 5.56. The van der Waals surface area contributed by atoms with E-state index in [1.165, 1.54) is 16.7 Å². The zero-order valence-corrected chi connectivity index (χ0v) is 17.9. The number of hydrogen-bond donors (Lipinski definition) is 1. The van der Waals surface area contributed by atoms with Gasteiger partial charge in [0, 0.05) is 37.2 Å². The Balaban J connectivity index is 1.63. The molecule has 2 amide bonds. The Morgan fingerprint density at radius 3 is 2.89 bits per heavy atom. The highest BCUT2D eigenvalue weighted by Crippen LogP contribution is 2.34. The van der Waals surface area contributed by atoms with Crippen molar-refractivity contribution >= 4 is 57.8 Å². The van der Waals surface area contributed by atoms with Crippen LogP contribution in [0, 0.1) is 0 Å². The van der Waals surface area contributed by atoms with Gasteiger partial charge in [-0.15, -0.1) is 0 Å². The first kappa shape index (κ1) is 21.3. The quantitative estimate of drug-likeness (QED) is 0.542.